The van der Waals surface area contributed by atoms with Crippen molar-refractivity contribution in [2.75, 3.05) is 6.61 Å². The van der Waals surface area contributed by atoms with E-state index in [1.807, 2.05) is 43.5 Å². The molecular formula is C22H25N3O2. The summed E-state index contributed by atoms with van der Waals surface area (Å²) < 4.78 is 5.71. The van der Waals surface area contributed by atoms with E-state index in [-0.39, 0.29) is 11.9 Å². The van der Waals surface area contributed by atoms with E-state index in [1.54, 1.807) is 6.20 Å². The molecule has 1 unspecified atom stereocenters. The van der Waals surface area contributed by atoms with Gasteiger partial charge in [0.1, 0.15) is 5.75 Å². The molecule has 2 aromatic heterocycles. The Kier molecular flexibility index (Phi) is 5.10. The van der Waals surface area contributed by atoms with Gasteiger partial charge >= 0.3 is 0 Å². The first-order valence-corrected chi connectivity index (χ1v) is 9.62. The van der Waals surface area contributed by atoms with Crippen molar-refractivity contribution in [1.82, 2.24) is 15.3 Å². The summed E-state index contributed by atoms with van der Waals surface area (Å²) in [6.45, 7) is 2.73. The van der Waals surface area contributed by atoms with Crippen molar-refractivity contribution in [2.24, 2.45) is 5.92 Å². The van der Waals surface area contributed by atoms with Crippen molar-refractivity contribution in [3.05, 3.63) is 60.0 Å². The lowest BCUT2D eigenvalue weighted by atomic mass is 10.1. The third-order valence-corrected chi connectivity index (χ3v) is 5.06. The lowest BCUT2D eigenvalue weighted by Crippen LogP contribution is -2.27. The molecule has 1 fully saturated rings. The number of carbonyl (C=O) groups excluding carboxylic acids is 1. The molecule has 0 spiro atoms. The van der Waals surface area contributed by atoms with Crippen molar-refractivity contribution in [3.63, 3.8) is 0 Å². The Labute approximate surface area is 159 Å². The zero-order chi connectivity index (χ0) is 18.6. The maximum atomic E-state index is 12.3. The highest BCUT2D eigenvalue weighted by molar-refractivity contribution is 5.84. The van der Waals surface area contributed by atoms with Crippen molar-refractivity contribution in [3.8, 4) is 5.75 Å². The van der Waals surface area contributed by atoms with Crippen molar-refractivity contribution < 1.29 is 9.53 Å². The summed E-state index contributed by atoms with van der Waals surface area (Å²) in [5.74, 6) is 1.55. The summed E-state index contributed by atoms with van der Waals surface area (Å²) in [5, 5.41) is 4.22. The number of nitrogens with one attached hydrogen (secondary N) is 2. The van der Waals surface area contributed by atoms with Crippen LogP contribution in [-0.4, -0.2) is 22.5 Å². The smallest absolute Gasteiger partial charge is 0.220 e. The van der Waals surface area contributed by atoms with Gasteiger partial charge in [0.2, 0.25) is 5.91 Å². The number of hydrogen-bond donors (Lipinski definition) is 2. The molecular weight excluding hydrogens is 338 g/mol. The summed E-state index contributed by atoms with van der Waals surface area (Å²) in [7, 11) is 0. The minimum atomic E-state index is -0.127. The van der Waals surface area contributed by atoms with E-state index in [1.165, 1.54) is 23.8 Å². The molecule has 1 aromatic carbocycles. The number of hydrogen-bond acceptors (Lipinski definition) is 3. The number of carbonyl (C=O) groups is 1. The van der Waals surface area contributed by atoms with Gasteiger partial charge in [0.05, 0.1) is 24.5 Å². The molecule has 27 heavy (non-hydrogen) atoms. The van der Waals surface area contributed by atoms with Crippen LogP contribution in [0.1, 0.15) is 43.5 Å². The summed E-state index contributed by atoms with van der Waals surface area (Å²) in [5.41, 5.74) is 3.12. The number of amides is 1. The second-order valence-corrected chi connectivity index (χ2v) is 7.32. The zero-order valence-electron chi connectivity index (χ0n) is 15.6. The summed E-state index contributed by atoms with van der Waals surface area (Å²) in [6, 6.07) is 11.9. The molecule has 3 aromatic rings. The Morgan fingerprint density at radius 2 is 2.15 bits per heavy atom. The van der Waals surface area contributed by atoms with Crippen molar-refractivity contribution in [1.29, 1.82) is 0 Å². The molecule has 0 saturated heterocycles. The Morgan fingerprint density at radius 3 is 2.93 bits per heavy atom. The number of rotatable bonds is 8. The third kappa shape index (κ3) is 4.48. The number of para-hydroxylation sites is 1. The van der Waals surface area contributed by atoms with Crippen LogP contribution in [-0.2, 0) is 11.2 Å². The quantitative estimate of drug-likeness (QED) is 0.631. The predicted molar refractivity (Wildman–Crippen MR) is 106 cm³/mol. The molecule has 5 heteroatoms. The topological polar surface area (TPSA) is 67.0 Å². The van der Waals surface area contributed by atoms with Gasteiger partial charge in [-0.2, -0.15) is 0 Å². The average Bonchev–Trinajstić information content (AvgIpc) is 3.43. The van der Waals surface area contributed by atoms with Crippen LogP contribution in [0.25, 0.3) is 10.9 Å². The number of ether oxygens (including phenoxy) is 1. The normalized spacial score (nSPS) is 14.9. The van der Waals surface area contributed by atoms with E-state index in [0.29, 0.717) is 12.8 Å². The largest absolute Gasteiger partial charge is 0.492 e. The van der Waals surface area contributed by atoms with Gasteiger partial charge in [-0.15, -0.1) is 0 Å². The van der Waals surface area contributed by atoms with Crippen molar-refractivity contribution in [2.45, 2.75) is 38.6 Å². The first-order chi connectivity index (χ1) is 13.2. The number of nitrogens with zero attached hydrogens (tertiary/aromatic N) is 1. The van der Waals surface area contributed by atoms with Crippen LogP contribution in [0.4, 0.5) is 0 Å². The Hall–Kier alpha value is -2.82. The third-order valence-electron chi connectivity index (χ3n) is 5.06. The van der Waals surface area contributed by atoms with Gasteiger partial charge in [0.15, 0.2) is 0 Å². The van der Waals surface area contributed by atoms with E-state index in [0.717, 1.165) is 29.5 Å². The van der Waals surface area contributed by atoms with E-state index in [2.05, 4.69) is 21.4 Å². The van der Waals surface area contributed by atoms with Crippen LogP contribution in [0.5, 0.6) is 5.75 Å². The number of H-pyrrole nitrogens is 1. The molecule has 1 aliphatic carbocycles. The average molecular weight is 363 g/mol. The highest BCUT2D eigenvalue weighted by atomic mass is 16.5. The molecule has 4 rings (SSSR count). The Balaban J connectivity index is 1.28. The van der Waals surface area contributed by atoms with Gasteiger partial charge in [-0.05, 0) is 55.9 Å². The maximum Gasteiger partial charge on any atom is 0.220 e. The van der Waals surface area contributed by atoms with Gasteiger partial charge < -0.3 is 15.0 Å². The van der Waals surface area contributed by atoms with Gasteiger partial charge in [0.25, 0.3) is 0 Å². The van der Waals surface area contributed by atoms with Gasteiger partial charge in [0, 0.05) is 23.5 Å². The fourth-order valence-electron chi connectivity index (χ4n) is 3.21. The summed E-state index contributed by atoms with van der Waals surface area (Å²) in [6.07, 6.45) is 7.44. The maximum absolute atomic E-state index is 12.3. The Bertz CT molecular complexity index is 913. The predicted octanol–water partition coefficient (Wildman–Crippen LogP) is 4.16. The van der Waals surface area contributed by atoms with E-state index in [4.69, 9.17) is 4.74 Å². The number of benzene rings is 1. The second-order valence-electron chi connectivity index (χ2n) is 7.32. The van der Waals surface area contributed by atoms with Crippen LogP contribution in [0.15, 0.2) is 48.8 Å². The molecule has 2 N–H and O–H groups in total. The van der Waals surface area contributed by atoms with Crippen LogP contribution in [0, 0.1) is 5.92 Å². The fraction of sp³-hybridized carbons (Fsp3) is 0.364. The number of fused-ring (bicyclic) bond motifs is 1. The van der Waals surface area contributed by atoms with E-state index in [9.17, 15) is 4.79 Å². The SMILES string of the molecule is CC(NC(=O)CCc1c[nH]c2ccccc12)c1ccc(OCC2CC2)cn1. The van der Waals surface area contributed by atoms with Crippen LogP contribution < -0.4 is 10.1 Å². The molecule has 1 aliphatic rings. The minimum absolute atomic E-state index is 0.0311. The minimum Gasteiger partial charge on any atom is -0.492 e. The fourth-order valence-corrected chi connectivity index (χ4v) is 3.21. The van der Waals surface area contributed by atoms with Crippen LogP contribution in [0.2, 0.25) is 0 Å². The standard InChI is InChI=1S/C22H25N3O2/c1-15(20-10-9-18(13-24-20)27-14-16-6-7-16)25-22(26)11-8-17-12-23-21-5-3-2-4-19(17)21/h2-5,9-10,12-13,15-16,23H,6-8,11,14H2,1H3,(H,25,26). The molecule has 0 bridgehead atoms. The molecule has 1 amide bonds. The van der Waals surface area contributed by atoms with E-state index < -0.39 is 0 Å². The van der Waals surface area contributed by atoms with Gasteiger partial charge in [-0.3, -0.25) is 9.78 Å². The lowest BCUT2D eigenvalue weighted by Gasteiger charge is -2.14. The lowest BCUT2D eigenvalue weighted by molar-refractivity contribution is -0.121. The second kappa shape index (κ2) is 7.82. The number of aromatic amines is 1. The van der Waals surface area contributed by atoms with Crippen LogP contribution in [0.3, 0.4) is 0 Å². The van der Waals surface area contributed by atoms with Gasteiger partial charge in [-0.1, -0.05) is 18.2 Å². The van der Waals surface area contributed by atoms with E-state index >= 15 is 0 Å². The highest BCUT2D eigenvalue weighted by Crippen LogP contribution is 2.29. The molecule has 2 heterocycles. The number of aryl methyl sites for hydroxylation is 1. The zero-order valence-corrected chi connectivity index (χ0v) is 15.6. The van der Waals surface area contributed by atoms with Gasteiger partial charge in [-0.25, -0.2) is 0 Å². The summed E-state index contributed by atoms with van der Waals surface area (Å²) in [4.78, 5) is 20.0. The molecule has 140 valence electrons. The molecule has 1 atom stereocenters. The molecule has 1 saturated carbocycles. The molecule has 0 aliphatic heterocycles. The number of pyridine rings is 1. The summed E-state index contributed by atoms with van der Waals surface area (Å²) >= 11 is 0. The van der Waals surface area contributed by atoms with Crippen molar-refractivity contribution >= 4 is 16.8 Å². The first-order valence-electron chi connectivity index (χ1n) is 9.62. The number of aromatic nitrogens is 2. The molecule has 0 radical (unpaired) electrons. The molecule has 5 nitrogen and oxygen atoms in total. The highest BCUT2D eigenvalue weighted by Gasteiger charge is 2.22. The Morgan fingerprint density at radius 1 is 1.30 bits per heavy atom. The monoisotopic (exact) mass is 363 g/mol. The first kappa shape index (κ1) is 17.6. The van der Waals surface area contributed by atoms with Crippen LogP contribution >= 0.6 is 0 Å².